The van der Waals surface area contributed by atoms with Crippen molar-refractivity contribution in [1.29, 1.82) is 0 Å². The Morgan fingerprint density at radius 1 is 1.31 bits per heavy atom. The highest BCUT2D eigenvalue weighted by Crippen LogP contribution is 2.61. The minimum absolute atomic E-state index is 0.0846. The quantitative estimate of drug-likeness (QED) is 0.476. The van der Waals surface area contributed by atoms with Crippen LogP contribution in [0, 0.1) is 22.7 Å². The van der Waals surface area contributed by atoms with Gasteiger partial charge < -0.3 is 10.6 Å². The van der Waals surface area contributed by atoms with Crippen LogP contribution in [0.3, 0.4) is 0 Å². The van der Waals surface area contributed by atoms with Gasteiger partial charge in [0.15, 0.2) is 0 Å². The molecule has 0 aromatic rings. The zero-order valence-electron chi connectivity index (χ0n) is 21.6. The summed E-state index contributed by atoms with van der Waals surface area (Å²) in [5, 5.41) is 6.98. The van der Waals surface area contributed by atoms with E-state index in [0.717, 1.165) is 38.1 Å². The van der Waals surface area contributed by atoms with Gasteiger partial charge >= 0.3 is 0 Å². The summed E-state index contributed by atoms with van der Waals surface area (Å²) in [6, 6.07) is 0.435. The molecule has 8 unspecified atom stereocenters. The fourth-order valence-corrected chi connectivity index (χ4v) is 7.81. The molecular formula is C27H50N5+. The maximum absolute atomic E-state index is 6.42. The van der Waals surface area contributed by atoms with Gasteiger partial charge in [-0.15, -0.1) is 0 Å². The largest absolute Gasteiger partial charge is 0.315 e. The average Bonchev–Trinajstić information content (AvgIpc) is 3.08. The lowest BCUT2D eigenvalue weighted by atomic mass is 9.47. The number of fused-ring (bicyclic) bond motifs is 2. The molecule has 4 rings (SSSR count). The van der Waals surface area contributed by atoms with E-state index in [1.54, 1.807) is 16.0 Å². The molecule has 2 aliphatic heterocycles. The number of nitrogens with two attached hydrogens (primary N) is 1. The molecule has 0 radical (unpaired) electrons. The second-order valence-corrected chi connectivity index (χ2v) is 12.1. The van der Waals surface area contributed by atoms with Crippen LogP contribution in [0.5, 0.6) is 0 Å². The van der Waals surface area contributed by atoms with Crippen molar-refractivity contribution in [3.05, 3.63) is 23.3 Å². The molecule has 5 nitrogen and oxygen atoms in total. The molecule has 2 aliphatic carbocycles. The molecule has 1 saturated carbocycles. The van der Waals surface area contributed by atoms with Crippen molar-refractivity contribution in [2.75, 3.05) is 26.9 Å². The molecule has 0 bridgehead atoms. The predicted molar refractivity (Wildman–Crippen MR) is 134 cm³/mol. The van der Waals surface area contributed by atoms with Gasteiger partial charge in [-0.2, -0.15) is 0 Å². The summed E-state index contributed by atoms with van der Waals surface area (Å²) in [6.07, 6.45) is 14.7. The lowest BCUT2D eigenvalue weighted by Crippen LogP contribution is -3.17. The first-order valence-corrected chi connectivity index (χ1v) is 13.3. The van der Waals surface area contributed by atoms with Crippen LogP contribution in [0.2, 0.25) is 0 Å². The van der Waals surface area contributed by atoms with Crippen molar-refractivity contribution < 1.29 is 4.90 Å². The van der Waals surface area contributed by atoms with Gasteiger partial charge in [-0.05, 0) is 82.1 Å². The third kappa shape index (κ3) is 4.36. The maximum Gasteiger partial charge on any atom is 0.146 e. The van der Waals surface area contributed by atoms with Crippen LogP contribution in [0.15, 0.2) is 23.3 Å². The van der Waals surface area contributed by atoms with Gasteiger partial charge in [0.05, 0.1) is 6.54 Å². The number of nitrogens with one attached hydrogen (secondary N) is 3. The first kappa shape index (κ1) is 24.4. The SMILES string of the molecule is CC(=CCC[NH+]1CN(C)C2NCNC(N)C21)CCC1(C)C(C)CCC2(C)C(C)=CCCC21. The third-order valence-electron chi connectivity index (χ3n) is 10.4. The molecule has 0 spiro atoms. The predicted octanol–water partition coefficient (Wildman–Crippen LogP) is 2.82. The highest BCUT2D eigenvalue weighted by Gasteiger charge is 2.52. The van der Waals surface area contributed by atoms with E-state index >= 15 is 0 Å². The van der Waals surface area contributed by atoms with Gasteiger partial charge in [0.1, 0.15) is 25.0 Å². The van der Waals surface area contributed by atoms with E-state index in [-0.39, 0.29) is 6.17 Å². The van der Waals surface area contributed by atoms with Crippen molar-refractivity contribution in [3.63, 3.8) is 0 Å². The van der Waals surface area contributed by atoms with Crippen molar-refractivity contribution in [2.45, 2.75) is 97.9 Å². The van der Waals surface area contributed by atoms with E-state index in [1.807, 2.05) is 0 Å². The van der Waals surface area contributed by atoms with E-state index in [1.165, 1.54) is 38.5 Å². The van der Waals surface area contributed by atoms with E-state index in [4.69, 9.17) is 5.73 Å². The van der Waals surface area contributed by atoms with Crippen molar-refractivity contribution in [3.8, 4) is 0 Å². The average molecular weight is 445 g/mol. The lowest BCUT2D eigenvalue weighted by molar-refractivity contribution is -0.918. The summed E-state index contributed by atoms with van der Waals surface area (Å²) in [5.74, 6) is 1.67. The number of hydrogen-bond acceptors (Lipinski definition) is 4. The first-order valence-electron chi connectivity index (χ1n) is 13.3. The second kappa shape index (κ2) is 9.50. The van der Waals surface area contributed by atoms with E-state index in [9.17, 15) is 0 Å². The van der Waals surface area contributed by atoms with E-state index in [0.29, 0.717) is 23.0 Å². The highest BCUT2D eigenvalue weighted by molar-refractivity contribution is 5.21. The van der Waals surface area contributed by atoms with Crippen molar-refractivity contribution >= 4 is 0 Å². The summed E-state index contributed by atoms with van der Waals surface area (Å²) >= 11 is 0. The molecule has 5 N–H and O–H groups in total. The Morgan fingerprint density at radius 2 is 2.09 bits per heavy atom. The molecule has 0 aromatic carbocycles. The van der Waals surface area contributed by atoms with Crippen molar-refractivity contribution in [1.82, 2.24) is 15.5 Å². The number of nitrogens with zero attached hydrogens (tertiary/aromatic N) is 1. The van der Waals surface area contributed by atoms with E-state index < -0.39 is 0 Å². The van der Waals surface area contributed by atoms with Crippen LogP contribution >= 0.6 is 0 Å². The molecule has 4 aliphatic rings. The molecule has 2 saturated heterocycles. The van der Waals surface area contributed by atoms with Gasteiger partial charge in [-0.25, -0.2) is 4.90 Å². The maximum atomic E-state index is 6.42. The molecule has 0 aromatic heterocycles. The molecule has 2 heterocycles. The lowest BCUT2D eigenvalue weighted by Gasteiger charge is -2.58. The Morgan fingerprint density at radius 3 is 2.88 bits per heavy atom. The number of quaternary nitrogens is 1. The first-order chi connectivity index (χ1) is 15.2. The Labute approximate surface area is 197 Å². The Balaban J connectivity index is 1.34. The molecule has 5 heteroatoms. The fourth-order valence-electron chi connectivity index (χ4n) is 7.81. The van der Waals surface area contributed by atoms with Gasteiger partial charge in [-0.1, -0.05) is 44.1 Å². The molecule has 3 fully saturated rings. The van der Waals surface area contributed by atoms with Gasteiger partial charge in [-0.3, -0.25) is 10.6 Å². The zero-order chi connectivity index (χ0) is 23.1. The van der Waals surface area contributed by atoms with Crippen molar-refractivity contribution in [2.24, 2.45) is 28.4 Å². The van der Waals surface area contributed by atoms with Crippen LogP contribution in [-0.4, -0.2) is 50.2 Å². The second-order valence-electron chi connectivity index (χ2n) is 12.1. The number of likely N-dealkylation sites (N-methyl/N-ethyl adjacent to an activating group) is 1. The standard InChI is InChI=1S/C27H49N5/c1-19(9-8-16-32-18-31(6)25-23(32)24(28)29-17-30-25)12-14-26(4)21(3)13-15-27(5)20(2)10-7-11-22(26)27/h9-10,21-25,29-30H,7-8,11-18,28H2,1-6H3/p+1. The number of hydrogen-bond donors (Lipinski definition) is 4. The monoisotopic (exact) mass is 444 g/mol. The molecular weight excluding hydrogens is 394 g/mol. The smallest absolute Gasteiger partial charge is 0.146 e. The highest BCUT2D eigenvalue weighted by atomic mass is 15.5. The minimum Gasteiger partial charge on any atom is -0.315 e. The fraction of sp³-hybridized carbons (Fsp3) is 0.852. The molecule has 0 amide bonds. The van der Waals surface area contributed by atoms with Crippen LogP contribution in [0.4, 0.5) is 0 Å². The third-order valence-corrected chi connectivity index (χ3v) is 10.4. The molecule has 32 heavy (non-hydrogen) atoms. The Hall–Kier alpha value is -0.720. The summed E-state index contributed by atoms with van der Waals surface area (Å²) in [6.45, 7) is 15.5. The normalized spacial score (nSPS) is 45.3. The molecule has 8 atom stereocenters. The number of allylic oxidation sites excluding steroid dienone is 3. The topological polar surface area (TPSA) is 57.8 Å². The summed E-state index contributed by atoms with van der Waals surface area (Å²) in [7, 11) is 2.22. The molecule has 182 valence electrons. The summed E-state index contributed by atoms with van der Waals surface area (Å²) in [4.78, 5) is 4.04. The Kier molecular flexibility index (Phi) is 7.24. The van der Waals surface area contributed by atoms with E-state index in [2.05, 4.69) is 69.4 Å². The summed E-state index contributed by atoms with van der Waals surface area (Å²) in [5.41, 5.74) is 10.6. The zero-order valence-corrected chi connectivity index (χ0v) is 21.6. The van der Waals surface area contributed by atoms with Crippen LogP contribution in [-0.2, 0) is 0 Å². The van der Waals surface area contributed by atoms with Gasteiger partial charge in [0.25, 0.3) is 0 Å². The number of rotatable bonds is 6. The van der Waals surface area contributed by atoms with Gasteiger partial charge in [0.2, 0.25) is 0 Å². The van der Waals surface area contributed by atoms with Crippen LogP contribution < -0.4 is 21.3 Å². The van der Waals surface area contributed by atoms with Gasteiger partial charge in [0, 0.05) is 13.1 Å². The summed E-state index contributed by atoms with van der Waals surface area (Å²) < 4.78 is 0. The van der Waals surface area contributed by atoms with Crippen LogP contribution in [0.25, 0.3) is 0 Å². The Bertz CT molecular complexity index is 732. The minimum atomic E-state index is 0.0846. The van der Waals surface area contributed by atoms with Crippen LogP contribution in [0.1, 0.15) is 79.6 Å².